The van der Waals surface area contributed by atoms with Gasteiger partial charge >= 0.3 is 6.18 Å². The zero-order chi connectivity index (χ0) is 12.7. The van der Waals surface area contributed by atoms with Crippen LogP contribution in [0.15, 0.2) is 33.8 Å². The lowest BCUT2D eigenvalue weighted by Gasteiger charge is -2.28. The summed E-state index contributed by atoms with van der Waals surface area (Å²) in [5.41, 5.74) is -1.09. The van der Waals surface area contributed by atoms with Gasteiger partial charge in [-0.05, 0) is 13.0 Å². The quantitative estimate of drug-likeness (QED) is 0.664. The van der Waals surface area contributed by atoms with Crippen LogP contribution in [0.3, 0.4) is 0 Å². The average molecular weight is 242 g/mol. The van der Waals surface area contributed by atoms with E-state index in [0.29, 0.717) is 5.70 Å². The third-order valence-corrected chi connectivity index (χ3v) is 2.76. The molecule has 7 heteroatoms. The molecule has 0 saturated carbocycles. The number of halogens is 3. The minimum atomic E-state index is -4.34. The molecule has 0 aromatic carbocycles. The Morgan fingerprint density at radius 2 is 2.24 bits per heavy atom. The lowest BCUT2D eigenvalue weighted by atomic mass is 9.85. The van der Waals surface area contributed by atoms with Crippen LogP contribution in [-0.4, -0.2) is 23.3 Å². The van der Waals surface area contributed by atoms with Crippen LogP contribution in [0.1, 0.15) is 13.3 Å². The first-order valence-electron chi connectivity index (χ1n) is 4.93. The number of nitriles is 1. The van der Waals surface area contributed by atoms with Gasteiger partial charge in [-0.3, -0.25) is 0 Å². The van der Waals surface area contributed by atoms with Gasteiger partial charge in [0.05, 0.1) is 11.8 Å². The molecule has 0 aromatic heterocycles. The summed E-state index contributed by atoms with van der Waals surface area (Å²) in [5, 5.41) is 17.5. The van der Waals surface area contributed by atoms with Crippen molar-refractivity contribution in [3.05, 3.63) is 23.4 Å². The predicted molar refractivity (Wildman–Crippen MR) is 52.4 cm³/mol. The molecule has 0 N–H and O–H groups in total. The van der Waals surface area contributed by atoms with Crippen molar-refractivity contribution in [2.24, 2.45) is 10.3 Å². The van der Waals surface area contributed by atoms with Crippen LogP contribution < -0.4 is 0 Å². The highest BCUT2D eigenvalue weighted by molar-refractivity contribution is 5.36. The van der Waals surface area contributed by atoms with Crippen molar-refractivity contribution < 1.29 is 13.2 Å². The molecule has 0 bridgehead atoms. The number of hydrogen-bond donors (Lipinski definition) is 0. The van der Waals surface area contributed by atoms with E-state index in [-0.39, 0.29) is 13.0 Å². The van der Waals surface area contributed by atoms with E-state index in [1.54, 1.807) is 6.92 Å². The SMILES string of the molecule is CC12CC(C(F)(F)F)=CC=C1N(CC#N)N=N2. The number of nitrogens with zero attached hydrogens (tertiary/aromatic N) is 4. The van der Waals surface area contributed by atoms with Crippen molar-refractivity contribution in [2.45, 2.75) is 25.1 Å². The van der Waals surface area contributed by atoms with Crippen LogP contribution in [0, 0.1) is 11.3 Å². The zero-order valence-corrected chi connectivity index (χ0v) is 8.99. The second kappa shape index (κ2) is 3.58. The lowest BCUT2D eigenvalue weighted by molar-refractivity contribution is -0.0955. The van der Waals surface area contributed by atoms with Crippen molar-refractivity contribution in [2.75, 3.05) is 6.54 Å². The predicted octanol–water partition coefficient (Wildman–Crippen LogP) is 2.73. The summed E-state index contributed by atoms with van der Waals surface area (Å²) in [5.74, 6) is 0. The molecule has 1 aliphatic carbocycles. The van der Waals surface area contributed by atoms with Crippen LogP contribution in [0.25, 0.3) is 0 Å². The highest BCUT2D eigenvalue weighted by Crippen LogP contribution is 2.43. The number of allylic oxidation sites excluding steroid dienone is 2. The Morgan fingerprint density at radius 3 is 2.82 bits per heavy atom. The second-order valence-electron chi connectivity index (χ2n) is 4.10. The van der Waals surface area contributed by atoms with Gasteiger partial charge in [0.15, 0.2) is 0 Å². The fraction of sp³-hybridized carbons (Fsp3) is 0.500. The molecule has 0 aromatic rings. The number of hydrogen-bond acceptors (Lipinski definition) is 4. The smallest absolute Gasteiger partial charge is 0.235 e. The molecule has 2 aliphatic rings. The summed E-state index contributed by atoms with van der Waals surface area (Å²) in [6, 6.07) is 1.89. The maximum absolute atomic E-state index is 12.6. The molecule has 17 heavy (non-hydrogen) atoms. The second-order valence-corrected chi connectivity index (χ2v) is 4.10. The van der Waals surface area contributed by atoms with Crippen LogP contribution in [0.4, 0.5) is 13.2 Å². The molecule has 90 valence electrons. The molecule has 0 saturated heterocycles. The van der Waals surface area contributed by atoms with E-state index in [0.717, 1.165) is 6.08 Å². The van der Waals surface area contributed by atoms with Crippen molar-refractivity contribution in [1.29, 1.82) is 5.26 Å². The Labute approximate surface area is 95.7 Å². The highest BCUT2D eigenvalue weighted by Gasteiger charge is 2.46. The topological polar surface area (TPSA) is 51.8 Å². The van der Waals surface area contributed by atoms with Gasteiger partial charge < -0.3 is 0 Å². The van der Waals surface area contributed by atoms with E-state index in [4.69, 9.17) is 5.26 Å². The van der Waals surface area contributed by atoms with Gasteiger partial charge in [0.2, 0.25) is 0 Å². The van der Waals surface area contributed by atoms with Crippen molar-refractivity contribution in [3.63, 3.8) is 0 Å². The first-order valence-corrected chi connectivity index (χ1v) is 4.93. The number of fused-ring (bicyclic) bond motifs is 1. The summed E-state index contributed by atoms with van der Waals surface area (Å²) in [4.78, 5) is 0. The summed E-state index contributed by atoms with van der Waals surface area (Å²) in [6.45, 7) is 1.57. The molecule has 0 fully saturated rings. The Hall–Kier alpha value is -1.84. The summed E-state index contributed by atoms with van der Waals surface area (Å²) in [7, 11) is 0. The minimum absolute atomic E-state index is 0.0138. The molecule has 0 amide bonds. The molecule has 4 nitrogen and oxygen atoms in total. The summed E-state index contributed by atoms with van der Waals surface area (Å²) >= 11 is 0. The molecule has 1 unspecified atom stereocenters. The monoisotopic (exact) mass is 242 g/mol. The van der Waals surface area contributed by atoms with Gasteiger partial charge in [-0.25, -0.2) is 5.01 Å². The first kappa shape index (κ1) is 11.6. The van der Waals surface area contributed by atoms with E-state index in [2.05, 4.69) is 10.3 Å². The maximum Gasteiger partial charge on any atom is 0.412 e. The fourth-order valence-electron chi connectivity index (χ4n) is 1.91. The largest absolute Gasteiger partial charge is 0.412 e. The number of alkyl halides is 3. The van der Waals surface area contributed by atoms with E-state index in [1.807, 2.05) is 6.07 Å². The van der Waals surface area contributed by atoms with Crippen LogP contribution in [-0.2, 0) is 0 Å². The minimum Gasteiger partial charge on any atom is -0.235 e. The summed E-state index contributed by atoms with van der Waals surface area (Å²) < 4.78 is 37.7. The van der Waals surface area contributed by atoms with Crippen molar-refractivity contribution in [3.8, 4) is 6.07 Å². The Bertz CT molecular complexity index is 469. The van der Waals surface area contributed by atoms with Crippen molar-refractivity contribution in [1.82, 2.24) is 5.01 Å². The van der Waals surface area contributed by atoms with Gasteiger partial charge in [0.25, 0.3) is 0 Å². The van der Waals surface area contributed by atoms with E-state index in [1.165, 1.54) is 11.1 Å². The third kappa shape index (κ3) is 1.90. The summed E-state index contributed by atoms with van der Waals surface area (Å²) in [6.07, 6.45) is -2.22. The molecular weight excluding hydrogens is 233 g/mol. The van der Waals surface area contributed by atoms with Gasteiger partial charge in [-0.1, -0.05) is 11.3 Å². The zero-order valence-electron chi connectivity index (χ0n) is 8.99. The molecule has 1 aliphatic heterocycles. The lowest BCUT2D eigenvalue weighted by Crippen LogP contribution is -2.33. The fourth-order valence-corrected chi connectivity index (χ4v) is 1.91. The molecular formula is C10H9F3N4. The van der Waals surface area contributed by atoms with Gasteiger partial charge in [0, 0.05) is 12.0 Å². The van der Waals surface area contributed by atoms with Gasteiger partial charge in [-0.15, -0.1) is 0 Å². The highest BCUT2D eigenvalue weighted by atomic mass is 19.4. The molecule has 1 heterocycles. The maximum atomic E-state index is 12.6. The molecule has 2 rings (SSSR count). The molecule has 0 spiro atoms. The molecule has 0 radical (unpaired) electrons. The van der Waals surface area contributed by atoms with Crippen LogP contribution in [0.2, 0.25) is 0 Å². The van der Waals surface area contributed by atoms with Gasteiger partial charge in [-0.2, -0.15) is 23.5 Å². The van der Waals surface area contributed by atoms with E-state index >= 15 is 0 Å². The number of rotatable bonds is 1. The molecule has 1 atom stereocenters. The Kier molecular flexibility index (Phi) is 2.45. The average Bonchev–Trinajstić information content (AvgIpc) is 2.54. The normalized spacial score (nSPS) is 27.4. The van der Waals surface area contributed by atoms with Crippen LogP contribution in [0.5, 0.6) is 0 Å². The van der Waals surface area contributed by atoms with E-state index < -0.39 is 17.3 Å². The Morgan fingerprint density at radius 1 is 1.53 bits per heavy atom. The first-order chi connectivity index (χ1) is 7.87. The Balaban J connectivity index is 2.33. The van der Waals surface area contributed by atoms with E-state index in [9.17, 15) is 13.2 Å². The van der Waals surface area contributed by atoms with Gasteiger partial charge in [0.1, 0.15) is 12.1 Å². The third-order valence-electron chi connectivity index (χ3n) is 2.76. The van der Waals surface area contributed by atoms with Crippen molar-refractivity contribution >= 4 is 0 Å². The van der Waals surface area contributed by atoms with Crippen LogP contribution >= 0.6 is 0 Å². The standard InChI is InChI=1S/C10H9F3N4/c1-9-6-7(10(11,12)13)2-3-8(9)17(5-4-14)16-15-9/h2-3H,5-6H2,1H3.